The lowest BCUT2D eigenvalue weighted by atomic mass is 10.1. The quantitative estimate of drug-likeness (QED) is 0.547. The van der Waals surface area contributed by atoms with Crippen molar-refractivity contribution in [2.45, 2.75) is 6.42 Å². The summed E-state index contributed by atoms with van der Waals surface area (Å²) < 4.78 is 5.11. The summed E-state index contributed by atoms with van der Waals surface area (Å²) in [4.78, 5) is 0. The van der Waals surface area contributed by atoms with Crippen LogP contribution < -0.4 is 9.92 Å². The van der Waals surface area contributed by atoms with E-state index in [1.165, 1.54) is 5.56 Å². The van der Waals surface area contributed by atoms with Crippen LogP contribution in [-0.4, -0.2) is 22.5 Å². The van der Waals surface area contributed by atoms with Gasteiger partial charge in [0, 0.05) is 10.2 Å². The molecule has 0 saturated carbocycles. The third kappa shape index (κ3) is 1.92. The van der Waals surface area contributed by atoms with Crippen LogP contribution in [0.5, 0.6) is 11.5 Å². The SMILES string of the molecule is C=CCc1ccc(O)c(OC)c1[SiH3]. The fourth-order valence-corrected chi connectivity index (χ4v) is 2.18. The van der Waals surface area contributed by atoms with Gasteiger partial charge in [0.05, 0.1) is 7.11 Å². The summed E-state index contributed by atoms with van der Waals surface area (Å²) in [6.07, 6.45) is 2.68. The third-order valence-corrected chi connectivity index (χ3v) is 3.16. The van der Waals surface area contributed by atoms with Crippen LogP contribution in [0.3, 0.4) is 0 Å². The van der Waals surface area contributed by atoms with Crippen molar-refractivity contribution >= 4 is 15.4 Å². The number of phenolic OH excluding ortho intramolecular Hbond substituents is 1. The van der Waals surface area contributed by atoms with E-state index in [0.29, 0.717) is 5.75 Å². The van der Waals surface area contributed by atoms with E-state index in [4.69, 9.17) is 4.74 Å². The number of hydrogen-bond acceptors (Lipinski definition) is 2. The normalized spacial score (nSPS) is 9.92. The summed E-state index contributed by atoms with van der Waals surface area (Å²) in [6.45, 7) is 3.69. The molecule has 0 aliphatic rings. The first-order chi connectivity index (χ1) is 6.20. The van der Waals surface area contributed by atoms with Crippen molar-refractivity contribution in [2.75, 3.05) is 7.11 Å². The molecular formula is C10H14O2Si. The second kappa shape index (κ2) is 4.14. The highest BCUT2D eigenvalue weighted by atomic mass is 28.1. The fraction of sp³-hybridized carbons (Fsp3) is 0.200. The van der Waals surface area contributed by atoms with Gasteiger partial charge in [-0.2, -0.15) is 0 Å². The predicted octanol–water partition coefficient (Wildman–Crippen LogP) is 0.120. The van der Waals surface area contributed by atoms with E-state index in [1.54, 1.807) is 13.2 Å². The molecule has 1 N–H and O–H groups in total. The maximum Gasteiger partial charge on any atom is 0.158 e. The first-order valence-corrected chi connectivity index (χ1v) is 5.17. The molecule has 0 fully saturated rings. The van der Waals surface area contributed by atoms with Gasteiger partial charge < -0.3 is 9.84 Å². The van der Waals surface area contributed by atoms with Crippen LogP contribution in [0.4, 0.5) is 0 Å². The lowest BCUT2D eigenvalue weighted by Crippen LogP contribution is -2.13. The van der Waals surface area contributed by atoms with Crippen LogP contribution in [-0.2, 0) is 6.42 Å². The Labute approximate surface area is 81.3 Å². The highest BCUT2D eigenvalue weighted by Crippen LogP contribution is 2.23. The average molecular weight is 194 g/mol. The molecule has 3 heteroatoms. The Morgan fingerprint density at radius 2 is 2.31 bits per heavy atom. The Bertz CT molecular complexity index is 321. The number of phenols is 1. The monoisotopic (exact) mass is 194 g/mol. The summed E-state index contributed by atoms with van der Waals surface area (Å²) >= 11 is 0. The molecule has 70 valence electrons. The average Bonchev–Trinajstić information content (AvgIpc) is 2.11. The molecule has 0 unspecified atom stereocenters. The van der Waals surface area contributed by atoms with Gasteiger partial charge in [-0.3, -0.25) is 0 Å². The maximum atomic E-state index is 9.46. The maximum absolute atomic E-state index is 9.46. The Morgan fingerprint density at radius 1 is 1.62 bits per heavy atom. The molecule has 2 nitrogen and oxygen atoms in total. The lowest BCUT2D eigenvalue weighted by Gasteiger charge is -2.10. The molecule has 13 heavy (non-hydrogen) atoms. The van der Waals surface area contributed by atoms with Crippen molar-refractivity contribution in [1.82, 2.24) is 0 Å². The van der Waals surface area contributed by atoms with E-state index in [-0.39, 0.29) is 5.75 Å². The van der Waals surface area contributed by atoms with Crippen molar-refractivity contribution < 1.29 is 9.84 Å². The second-order valence-electron chi connectivity index (χ2n) is 2.89. The molecule has 1 aromatic carbocycles. The van der Waals surface area contributed by atoms with Crippen molar-refractivity contribution in [1.29, 1.82) is 0 Å². The summed E-state index contributed by atoms with van der Waals surface area (Å²) in [6, 6.07) is 3.58. The largest absolute Gasteiger partial charge is 0.504 e. The number of aromatic hydroxyl groups is 1. The number of ether oxygens (including phenoxy) is 1. The summed E-state index contributed by atoms with van der Waals surface area (Å²) in [5.74, 6) is 0.839. The van der Waals surface area contributed by atoms with Crippen LogP contribution >= 0.6 is 0 Å². The molecule has 0 bridgehead atoms. The Balaban J connectivity index is 3.18. The van der Waals surface area contributed by atoms with E-state index in [9.17, 15) is 5.11 Å². The summed E-state index contributed by atoms with van der Waals surface area (Å²) in [5, 5.41) is 10.6. The molecule has 0 amide bonds. The van der Waals surface area contributed by atoms with Crippen molar-refractivity contribution in [3.05, 3.63) is 30.4 Å². The zero-order valence-corrected chi connectivity index (χ0v) is 10.0. The van der Waals surface area contributed by atoms with Gasteiger partial charge in [-0.15, -0.1) is 6.58 Å². The van der Waals surface area contributed by atoms with E-state index in [1.807, 2.05) is 12.1 Å². The van der Waals surface area contributed by atoms with Crippen LogP contribution in [0, 0.1) is 0 Å². The first-order valence-electron chi connectivity index (χ1n) is 4.17. The first kappa shape index (κ1) is 9.86. The van der Waals surface area contributed by atoms with Crippen molar-refractivity contribution in [2.24, 2.45) is 0 Å². The molecule has 0 saturated heterocycles. The molecule has 1 rings (SSSR count). The zero-order chi connectivity index (χ0) is 9.84. The van der Waals surface area contributed by atoms with Gasteiger partial charge in [-0.1, -0.05) is 12.1 Å². The van der Waals surface area contributed by atoms with E-state index in [0.717, 1.165) is 21.9 Å². The number of benzene rings is 1. The molecule has 0 spiro atoms. The van der Waals surface area contributed by atoms with Crippen molar-refractivity contribution in [3.8, 4) is 11.5 Å². The van der Waals surface area contributed by atoms with Gasteiger partial charge in [0.25, 0.3) is 0 Å². The number of allylic oxidation sites excluding steroid dienone is 1. The number of hydrogen-bond donors (Lipinski definition) is 1. The van der Waals surface area contributed by atoms with Crippen LogP contribution in [0.1, 0.15) is 5.56 Å². The van der Waals surface area contributed by atoms with Gasteiger partial charge in [0.1, 0.15) is 0 Å². The Kier molecular flexibility index (Phi) is 3.14. The Hall–Kier alpha value is -1.22. The van der Waals surface area contributed by atoms with E-state index >= 15 is 0 Å². The molecular weight excluding hydrogens is 180 g/mol. The molecule has 0 aromatic heterocycles. The third-order valence-electron chi connectivity index (χ3n) is 2.07. The highest BCUT2D eigenvalue weighted by molar-refractivity contribution is 6.35. The molecule has 0 heterocycles. The topological polar surface area (TPSA) is 29.5 Å². The molecule has 1 aromatic rings. The Morgan fingerprint density at radius 3 is 2.85 bits per heavy atom. The lowest BCUT2D eigenvalue weighted by molar-refractivity contribution is 0.376. The van der Waals surface area contributed by atoms with Gasteiger partial charge >= 0.3 is 0 Å². The van der Waals surface area contributed by atoms with Crippen LogP contribution in [0.2, 0.25) is 0 Å². The smallest absolute Gasteiger partial charge is 0.158 e. The van der Waals surface area contributed by atoms with Gasteiger partial charge in [-0.05, 0) is 23.2 Å². The van der Waals surface area contributed by atoms with Gasteiger partial charge in [0.15, 0.2) is 11.5 Å². The number of rotatable bonds is 3. The molecule has 0 aliphatic carbocycles. The van der Waals surface area contributed by atoms with Gasteiger partial charge in [-0.25, -0.2) is 0 Å². The zero-order valence-electron chi connectivity index (χ0n) is 8.00. The minimum Gasteiger partial charge on any atom is -0.504 e. The number of methoxy groups -OCH3 is 1. The predicted molar refractivity (Wildman–Crippen MR) is 58.1 cm³/mol. The van der Waals surface area contributed by atoms with Crippen LogP contribution in [0.25, 0.3) is 0 Å². The summed E-state index contributed by atoms with van der Waals surface area (Å²) in [5.41, 5.74) is 1.19. The standard InChI is InChI=1S/C10H14O2Si/c1-3-4-7-5-6-8(11)9(12-2)10(7)13/h3,5-6,11H,1,4H2,2,13H3. The van der Waals surface area contributed by atoms with Crippen molar-refractivity contribution in [3.63, 3.8) is 0 Å². The molecule has 0 atom stereocenters. The molecule has 0 radical (unpaired) electrons. The minimum absolute atomic E-state index is 0.223. The second-order valence-corrected chi connectivity index (χ2v) is 3.89. The van der Waals surface area contributed by atoms with Crippen LogP contribution in [0.15, 0.2) is 24.8 Å². The minimum atomic E-state index is 0.223. The molecule has 0 aliphatic heterocycles. The van der Waals surface area contributed by atoms with E-state index < -0.39 is 0 Å². The summed E-state index contributed by atoms with van der Waals surface area (Å²) in [7, 11) is 2.44. The highest BCUT2D eigenvalue weighted by Gasteiger charge is 2.07. The fourth-order valence-electron chi connectivity index (χ4n) is 1.35. The van der Waals surface area contributed by atoms with E-state index in [2.05, 4.69) is 6.58 Å². The van der Waals surface area contributed by atoms with Gasteiger partial charge in [0.2, 0.25) is 0 Å².